The van der Waals surface area contributed by atoms with Gasteiger partial charge in [-0.3, -0.25) is 4.68 Å². The third-order valence-electron chi connectivity index (χ3n) is 4.20. The van der Waals surface area contributed by atoms with Gasteiger partial charge in [0.15, 0.2) is 5.65 Å². The van der Waals surface area contributed by atoms with Crippen LogP contribution in [0, 0.1) is 6.92 Å². The van der Waals surface area contributed by atoms with Crippen molar-refractivity contribution < 1.29 is 5.11 Å². The second kappa shape index (κ2) is 4.58. The van der Waals surface area contributed by atoms with Gasteiger partial charge < -0.3 is 10.4 Å². The highest BCUT2D eigenvalue weighted by Gasteiger charge is 2.35. The average Bonchev–Trinajstić information content (AvgIpc) is 2.64. The Balaban J connectivity index is 1.80. The molecule has 0 bridgehead atoms. The molecule has 102 valence electrons. The van der Waals surface area contributed by atoms with Crippen molar-refractivity contribution in [3.63, 3.8) is 0 Å². The molecule has 1 aliphatic carbocycles. The largest absolute Gasteiger partial charge is 0.394 e. The summed E-state index contributed by atoms with van der Waals surface area (Å²) in [5.41, 5.74) is 3.01. The van der Waals surface area contributed by atoms with Crippen LogP contribution in [0.2, 0.25) is 0 Å². The van der Waals surface area contributed by atoms with Gasteiger partial charge in [0.05, 0.1) is 12.3 Å². The van der Waals surface area contributed by atoms with Gasteiger partial charge in [-0.15, -0.1) is 0 Å². The number of hydrogen-bond acceptors (Lipinski definition) is 4. The smallest absolute Gasteiger partial charge is 0.157 e. The molecule has 5 heteroatoms. The van der Waals surface area contributed by atoms with Crippen molar-refractivity contribution in [2.75, 3.05) is 6.61 Å². The maximum Gasteiger partial charge on any atom is 0.157 e. The van der Waals surface area contributed by atoms with Crippen molar-refractivity contribution in [2.24, 2.45) is 7.05 Å². The first-order valence-corrected chi connectivity index (χ1v) is 6.78. The van der Waals surface area contributed by atoms with Gasteiger partial charge in [-0.05, 0) is 37.8 Å². The lowest BCUT2D eigenvalue weighted by atomic mass is 9.77. The van der Waals surface area contributed by atoms with E-state index in [1.165, 1.54) is 6.42 Å². The topological polar surface area (TPSA) is 63.0 Å². The van der Waals surface area contributed by atoms with Crippen LogP contribution in [0.5, 0.6) is 0 Å². The third kappa shape index (κ3) is 2.13. The summed E-state index contributed by atoms with van der Waals surface area (Å²) >= 11 is 0. The number of aryl methyl sites for hydroxylation is 2. The lowest BCUT2D eigenvalue weighted by Gasteiger charge is -2.41. The van der Waals surface area contributed by atoms with Crippen molar-refractivity contribution in [1.82, 2.24) is 20.1 Å². The van der Waals surface area contributed by atoms with Crippen molar-refractivity contribution in [1.29, 1.82) is 0 Å². The summed E-state index contributed by atoms with van der Waals surface area (Å²) in [5, 5.41) is 18.4. The van der Waals surface area contributed by atoms with Crippen molar-refractivity contribution in [3.05, 3.63) is 23.5 Å². The first-order valence-electron chi connectivity index (χ1n) is 6.78. The van der Waals surface area contributed by atoms with E-state index in [-0.39, 0.29) is 12.1 Å². The second-order valence-corrected chi connectivity index (χ2v) is 5.57. The lowest BCUT2D eigenvalue weighted by molar-refractivity contribution is 0.0872. The van der Waals surface area contributed by atoms with Crippen molar-refractivity contribution in [2.45, 2.75) is 38.3 Å². The predicted molar refractivity (Wildman–Crippen MR) is 73.8 cm³/mol. The fourth-order valence-corrected chi connectivity index (χ4v) is 2.73. The zero-order valence-corrected chi connectivity index (χ0v) is 11.5. The van der Waals surface area contributed by atoms with Crippen molar-refractivity contribution in [3.8, 4) is 0 Å². The third-order valence-corrected chi connectivity index (χ3v) is 4.20. The van der Waals surface area contributed by atoms with Crippen LogP contribution in [-0.2, 0) is 13.6 Å². The lowest BCUT2D eigenvalue weighted by Crippen LogP contribution is -2.53. The van der Waals surface area contributed by atoms with E-state index in [0.717, 1.165) is 41.7 Å². The number of pyridine rings is 1. The Morgan fingerprint density at radius 1 is 1.47 bits per heavy atom. The van der Waals surface area contributed by atoms with E-state index in [1.54, 1.807) is 0 Å². The molecule has 2 heterocycles. The molecule has 19 heavy (non-hydrogen) atoms. The molecule has 0 aliphatic heterocycles. The van der Waals surface area contributed by atoms with E-state index >= 15 is 0 Å². The van der Waals surface area contributed by atoms with Crippen LogP contribution in [0.3, 0.4) is 0 Å². The number of nitrogens with zero attached hydrogens (tertiary/aromatic N) is 3. The molecule has 1 fully saturated rings. The van der Waals surface area contributed by atoms with Crippen LogP contribution in [-0.4, -0.2) is 32.0 Å². The molecule has 0 spiro atoms. The molecule has 0 radical (unpaired) electrons. The highest BCUT2D eigenvalue weighted by molar-refractivity contribution is 5.78. The number of aliphatic hydroxyl groups excluding tert-OH is 1. The van der Waals surface area contributed by atoms with Crippen LogP contribution >= 0.6 is 0 Å². The number of nitrogens with one attached hydrogen (secondary N) is 1. The molecule has 2 aromatic heterocycles. The monoisotopic (exact) mass is 260 g/mol. The highest BCUT2D eigenvalue weighted by Crippen LogP contribution is 2.31. The van der Waals surface area contributed by atoms with E-state index in [1.807, 2.05) is 24.9 Å². The Morgan fingerprint density at radius 3 is 2.89 bits per heavy atom. The molecule has 0 atom stereocenters. The van der Waals surface area contributed by atoms with Gasteiger partial charge in [0.1, 0.15) is 0 Å². The van der Waals surface area contributed by atoms with Crippen LogP contribution in [0.15, 0.2) is 12.3 Å². The molecule has 2 N–H and O–H groups in total. The molecule has 0 unspecified atom stereocenters. The zero-order chi connectivity index (χ0) is 13.5. The Kier molecular flexibility index (Phi) is 3.03. The molecule has 0 aromatic carbocycles. The number of fused-ring (bicyclic) bond motifs is 1. The van der Waals surface area contributed by atoms with Gasteiger partial charge in [-0.25, -0.2) is 4.98 Å². The Morgan fingerprint density at radius 2 is 2.26 bits per heavy atom. The highest BCUT2D eigenvalue weighted by atomic mass is 16.3. The normalized spacial score (nSPS) is 17.6. The predicted octanol–water partition coefficient (Wildman–Crippen LogP) is 1.28. The fraction of sp³-hybridized carbons (Fsp3) is 0.571. The summed E-state index contributed by atoms with van der Waals surface area (Å²) in [7, 11) is 1.91. The number of rotatable bonds is 4. The maximum absolute atomic E-state index is 9.44. The number of hydrogen-bond donors (Lipinski definition) is 2. The molecule has 3 rings (SSSR count). The standard InChI is InChI=1S/C14H20N4O/c1-10-12-6-11(7-15-13(12)18(2)17-10)8-16-14(9-19)4-3-5-14/h6-7,16,19H,3-5,8-9H2,1-2H3. The van der Waals surface area contributed by atoms with Gasteiger partial charge in [0.2, 0.25) is 0 Å². The molecule has 5 nitrogen and oxygen atoms in total. The van der Waals surface area contributed by atoms with Gasteiger partial charge in [0, 0.05) is 30.7 Å². The van der Waals surface area contributed by atoms with Crippen molar-refractivity contribution >= 4 is 11.0 Å². The van der Waals surface area contributed by atoms with Gasteiger partial charge >= 0.3 is 0 Å². The zero-order valence-electron chi connectivity index (χ0n) is 11.5. The van der Waals surface area contributed by atoms with E-state index < -0.39 is 0 Å². The molecule has 2 aromatic rings. The van der Waals surface area contributed by atoms with Crippen LogP contribution in [0.25, 0.3) is 11.0 Å². The molecular weight excluding hydrogens is 240 g/mol. The summed E-state index contributed by atoms with van der Waals surface area (Å²) in [4.78, 5) is 4.47. The first kappa shape index (κ1) is 12.6. The summed E-state index contributed by atoms with van der Waals surface area (Å²) in [6.45, 7) is 2.97. The second-order valence-electron chi connectivity index (χ2n) is 5.57. The Hall–Kier alpha value is -1.46. The minimum atomic E-state index is -0.0566. The SMILES string of the molecule is Cc1nn(C)c2ncc(CNC3(CO)CCC3)cc12. The van der Waals surface area contributed by atoms with Gasteiger partial charge in [-0.2, -0.15) is 5.10 Å². The van der Waals surface area contributed by atoms with E-state index in [4.69, 9.17) is 0 Å². The Bertz CT molecular complexity index is 595. The molecule has 1 saturated carbocycles. The van der Waals surface area contributed by atoms with Crippen LogP contribution in [0.1, 0.15) is 30.5 Å². The van der Waals surface area contributed by atoms with E-state index in [2.05, 4.69) is 21.5 Å². The molecule has 0 amide bonds. The van der Waals surface area contributed by atoms with Gasteiger partial charge in [0.25, 0.3) is 0 Å². The summed E-state index contributed by atoms with van der Waals surface area (Å²) in [6.07, 6.45) is 5.21. The minimum Gasteiger partial charge on any atom is -0.394 e. The fourth-order valence-electron chi connectivity index (χ4n) is 2.73. The van der Waals surface area contributed by atoms with E-state index in [0.29, 0.717) is 0 Å². The summed E-state index contributed by atoms with van der Waals surface area (Å²) in [5.74, 6) is 0. The van der Waals surface area contributed by atoms with Crippen LogP contribution < -0.4 is 5.32 Å². The maximum atomic E-state index is 9.44. The molecule has 1 aliphatic rings. The van der Waals surface area contributed by atoms with Gasteiger partial charge in [-0.1, -0.05) is 0 Å². The first-order chi connectivity index (χ1) is 9.13. The number of aliphatic hydroxyl groups is 1. The number of aromatic nitrogens is 3. The van der Waals surface area contributed by atoms with E-state index in [9.17, 15) is 5.11 Å². The minimum absolute atomic E-state index is 0.0566. The summed E-state index contributed by atoms with van der Waals surface area (Å²) in [6, 6.07) is 2.14. The average molecular weight is 260 g/mol. The molecule has 0 saturated heterocycles. The molecular formula is C14H20N4O. The quantitative estimate of drug-likeness (QED) is 0.869. The Labute approximate surface area is 112 Å². The summed E-state index contributed by atoms with van der Waals surface area (Å²) < 4.78 is 1.81. The van der Waals surface area contributed by atoms with Crippen LogP contribution in [0.4, 0.5) is 0 Å².